The molecule has 5 heteroatoms. The Morgan fingerprint density at radius 2 is 1.90 bits per heavy atom. The maximum absolute atomic E-state index is 9.15. The summed E-state index contributed by atoms with van der Waals surface area (Å²) in [6, 6.07) is 16.8. The number of nitriles is 1. The first-order valence-corrected chi connectivity index (χ1v) is 11.2. The second kappa shape index (κ2) is 8.49. The van der Waals surface area contributed by atoms with Gasteiger partial charge in [0, 0.05) is 54.4 Å². The Morgan fingerprint density at radius 3 is 2.74 bits per heavy atom. The fraction of sp³-hybridized carbons (Fsp3) is 0.346. The molecule has 5 rings (SSSR count). The molecule has 0 amide bonds. The van der Waals surface area contributed by atoms with Crippen molar-refractivity contribution in [3.05, 3.63) is 65.5 Å². The molecule has 31 heavy (non-hydrogen) atoms. The molecule has 0 unspecified atom stereocenters. The molecule has 158 valence electrons. The molecular weight excluding hydrogens is 384 g/mol. The molecule has 0 aliphatic carbocycles. The van der Waals surface area contributed by atoms with Crippen LogP contribution in [0.1, 0.15) is 29.7 Å². The number of aromatic nitrogens is 1. The Morgan fingerprint density at radius 1 is 1.03 bits per heavy atom. The van der Waals surface area contributed by atoms with Crippen LogP contribution in [0.2, 0.25) is 0 Å². The molecule has 0 radical (unpaired) electrons. The van der Waals surface area contributed by atoms with E-state index in [1.165, 1.54) is 34.9 Å². The van der Waals surface area contributed by atoms with Gasteiger partial charge in [0.1, 0.15) is 11.3 Å². The van der Waals surface area contributed by atoms with E-state index in [-0.39, 0.29) is 0 Å². The average molecular weight is 413 g/mol. The number of benzene rings is 2. The smallest absolute Gasteiger partial charge is 0.134 e. The molecule has 0 spiro atoms. The highest BCUT2D eigenvalue weighted by molar-refractivity contribution is 5.84. The van der Waals surface area contributed by atoms with Gasteiger partial charge >= 0.3 is 0 Å². The first-order valence-electron chi connectivity index (χ1n) is 11.2. The van der Waals surface area contributed by atoms with Crippen LogP contribution in [0.25, 0.3) is 21.9 Å². The molecule has 0 atom stereocenters. The summed E-state index contributed by atoms with van der Waals surface area (Å²) >= 11 is 0. The van der Waals surface area contributed by atoms with Crippen LogP contribution in [0.4, 0.5) is 5.69 Å². The van der Waals surface area contributed by atoms with Crippen LogP contribution < -0.4 is 4.90 Å². The van der Waals surface area contributed by atoms with E-state index in [1.807, 2.05) is 25.1 Å². The monoisotopic (exact) mass is 412 g/mol. The van der Waals surface area contributed by atoms with Gasteiger partial charge in [-0.3, -0.25) is 4.90 Å². The lowest BCUT2D eigenvalue weighted by molar-refractivity contribution is 0.253. The minimum absolute atomic E-state index is 0.730. The van der Waals surface area contributed by atoms with Crippen LogP contribution in [-0.2, 0) is 6.42 Å². The average Bonchev–Trinajstić information content (AvgIpc) is 3.38. The van der Waals surface area contributed by atoms with Gasteiger partial charge in [-0.2, -0.15) is 5.26 Å². The molecule has 2 aromatic heterocycles. The van der Waals surface area contributed by atoms with Crippen LogP contribution in [0.3, 0.4) is 0 Å². The van der Waals surface area contributed by atoms with E-state index < -0.39 is 0 Å². The Labute approximate surface area is 182 Å². The number of piperazine rings is 1. The van der Waals surface area contributed by atoms with Crippen molar-refractivity contribution >= 4 is 27.6 Å². The van der Waals surface area contributed by atoms with Gasteiger partial charge in [-0.1, -0.05) is 0 Å². The molecular formula is C26H28N4O. The van der Waals surface area contributed by atoms with Gasteiger partial charge in [0.05, 0.1) is 11.6 Å². The summed E-state index contributed by atoms with van der Waals surface area (Å²) in [6.07, 6.45) is 5.52. The van der Waals surface area contributed by atoms with E-state index in [1.54, 1.807) is 0 Å². The van der Waals surface area contributed by atoms with Crippen LogP contribution in [0.5, 0.6) is 0 Å². The van der Waals surface area contributed by atoms with Gasteiger partial charge in [0.2, 0.25) is 0 Å². The van der Waals surface area contributed by atoms with Crippen LogP contribution in [0, 0.1) is 18.3 Å². The van der Waals surface area contributed by atoms with Gasteiger partial charge in [0.25, 0.3) is 0 Å². The highest BCUT2D eigenvalue weighted by atomic mass is 16.3. The minimum Gasteiger partial charge on any atom is -0.461 e. The van der Waals surface area contributed by atoms with Gasteiger partial charge in [-0.05, 0) is 80.8 Å². The third kappa shape index (κ3) is 4.17. The van der Waals surface area contributed by atoms with Gasteiger partial charge in [-0.25, -0.2) is 0 Å². The maximum atomic E-state index is 9.15. The number of anilines is 1. The van der Waals surface area contributed by atoms with Crippen molar-refractivity contribution in [3.8, 4) is 6.07 Å². The third-order valence-corrected chi connectivity index (χ3v) is 6.43. The summed E-state index contributed by atoms with van der Waals surface area (Å²) in [7, 11) is 0. The van der Waals surface area contributed by atoms with Crippen LogP contribution in [0.15, 0.2) is 53.1 Å². The SMILES string of the molecule is Cc1cc2cc(N3CCN(CCCCc4c[nH]c5ccc(C#N)cc45)CC3)ccc2o1. The lowest BCUT2D eigenvalue weighted by Crippen LogP contribution is -2.46. The fourth-order valence-corrected chi connectivity index (χ4v) is 4.70. The van der Waals surface area contributed by atoms with Crippen molar-refractivity contribution < 1.29 is 4.42 Å². The molecule has 1 N–H and O–H groups in total. The Hall–Kier alpha value is -3.23. The molecule has 1 aliphatic rings. The lowest BCUT2D eigenvalue weighted by atomic mass is 10.1. The zero-order chi connectivity index (χ0) is 21.2. The number of aryl methyl sites for hydroxylation is 2. The normalized spacial score (nSPS) is 15.0. The van der Waals surface area contributed by atoms with Gasteiger partial charge in [0.15, 0.2) is 0 Å². The summed E-state index contributed by atoms with van der Waals surface area (Å²) in [6.45, 7) is 7.52. The minimum atomic E-state index is 0.730. The number of aromatic amines is 1. The number of unbranched alkanes of at least 4 members (excludes halogenated alkanes) is 1. The largest absolute Gasteiger partial charge is 0.461 e. The first kappa shape index (κ1) is 19.7. The van der Waals surface area contributed by atoms with E-state index in [0.717, 1.165) is 61.6 Å². The number of H-pyrrole nitrogens is 1. The molecule has 2 aromatic carbocycles. The maximum Gasteiger partial charge on any atom is 0.134 e. The summed E-state index contributed by atoms with van der Waals surface area (Å²) in [5.41, 5.74) is 5.44. The number of nitrogens with one attached hydrogen (secondary N) is 1. The zero-order valence-electron chi connectivity index (χ0n) is 18.0. The molecule has 0 saturated carbocycles. The molecule has 3 heterocycles. The van der Waals surface area contributed by atoms with E-state index >= 15 is 0 Å². The molecule has 1 aliphatic heterocycles. The molecule has 5 nitrogen and oxygen atoms in total. The quantitative estimate of drug-likeness (QED) is 0.440. The predicted octanol–water partition coefficient (Wildman–Crippen LogP) is 5.24. The molecule has 0 bridgehead atoms. The van der Waals surface area contributed by atoms with Crippen molar-refractivity contribution in [3.63, 3.8) is 0 Å². The van der Waals surface area contributed by atoms with Crippen LogP contribution >= 0.6 is 0 Å². The predicted molar refractivity (Wildman–Crippen MR) is 126 cm³/mol. The lowest BCUT2D eigenvalue weighted by Gasteiger charge is -2.36. The summed E-state index contributed by atoms with van der Waals surface area (Å²) in [5.74, 6) is 0.968. The number of hydrogen-bond donors (Lipinski definition) is 1. The van der Waals surface area contributed by atoms with Crippen molar-refractivity contribution in [2.75, 3.05) is 37.6 Å². The molecule has 1 fully saturated rings. The zero-order valence-corrected chi connectivity index (χ0v) is 18.0. The van der Waals surface area contributed by atoms with Crippen molar-refractivity contribution in [1.29, 1.82) is 5.26 Å². The summed E-state index contributed by atoms with van der Waals surface area (Å²) < 4.78 is 5.70. The standard InChI is InChI=1S/C26H28N4O/c1-19-14-22-16-23(6-8-26(22)31-19)30-12-10-29(11-13-30)9-3-2-4-21-18-28-25-7-5-20(17-27)15-24(21)25/h5-8,14-16,18,28H,2-4,9-13H2,1H3. The van der Waals surface area contributed by atoms with E-state index in [0.29, 0.717) is 0 Å². The summed E-state index contributed by atoms with van der Waals surface area (Å²) in [5, 5.41) is 11.5. The van der Waals surface area contributed by atoms with Crippen molar-refractivity contribution in [2.24, 2.45) is 0 Å². The van der Waals surface area contributed by atoms with Gasteiger partial charge < -0.3 is 14.3 Å². The fourth-order valence-electron chi connectivity index (χ4n) is 4.70. The number of hydrogen-bond acceptors (Lipinski definition) is 4. The number of furan rings is 1. The van der Waals surface area contributed by atoms with Crippen molar-refractivity contribution in [1.82, 2.24) is 9.88 Å². The number of nitrogens with zero attached hydrogens (tertiary/aromatic N) is 3. The topological polar surface area (TPSA) is 59.2 Å². The Balaban J connectivity index is 1.10. The Bertz CT molecular complexity index is 1240. The second-order valence-electron chi connectivity index (χ2n) is 8.55. The van der Waals surface area contributed by atoms with E-state index in [2.05, 4.69) is 51.3 Å². The highest BCUT2D eigenvalue weighted by Crippen LogP contribution is 2.26. The van der Waals surface area contributed by atoms with Crippen LogP contribution in [-0.4, -0.2) is 42.6 Å². The van der Waals surface area contributed by atoms with Crippen molar-refractivity contribution in [2.45, 2.75) is 26.2 Å². The van der Waals surface area contributed by atoms with E-state index in [4.69, 9.17) is 9.68 Å². The Kier molecular flexibility index (Phi) is 5.40. The summed E-state index contributed by atoms with van der Waals surface area (Å²) in [4.78, 5) is 8.40. The third-order valence-electron chi connectivity index (χ3n) is 6.43. The molecule has 4 aromatic rings. The first-order chi connectivity index (χ1) is 15.2. The van der Waals surface area contributed by atoms with Gasteiger partial charge in [-0.15, -0.1) is 0 Å². The van der Waals surface area contributed by atoms with E-state index in [9.17, 15) is 0 Å². The molecule has 1 saturated heterocycles. The number of fused-ring (bicyclic) bond motifs is 2. The highest BCUT2D eigenvalue weighted by Gasteiger charge is 2.17. The second-order valence-corrected chi connectivity index (χ2v) is 8.55. The number of rotatable bonds is 6.